The lowest BCUT2D eigenvalue weighted by atomic mass is 10.1. The summed E-state index contributed by atoms with van der Waals surface area (Å²) in [6.07, 6.45) is 3.69. The fourth-order valence-electron chi connectivity index (χ4n) is 1.50. The molecule has 1 unspecified atom stereocenters. The van der Waals surface area contributed by atoms with Crippen LogP contribution in [0.2, 0.25) is 0 Å². The largest absolute Gasteiger partial charge is 0.380 e. The summed E-state index contributed by atoms with van der Waals surface area (Å²) >= 11 is 0. The van der Waals surface area contributed by atoms with Crippen LogP contribution in [0, 0.1) is 0 Å². The number of ether oxygens (including phenoxy) is 1. The van der Waals surface area contributed by atoms with Gasteiger partial charge in [-0.2, -0.15) is 0 Å². The molecule has 1 aromatic rings. The highest BCUT2D eigenvalue weighted by atomic mass is 16.5. The van der Waals surface area contributed by atoms with Crippen molar-refractivity contribution in [3.63, 3.8) is 0 Å². The molecule has 1 aromatic heterocycles. The molecule has 3 nitrogen and oxygen atoms in total. The molecule has 2 atom stereocenters. The minimum Gasteiger partial charge on any atom is -0.380 e. The molecule has 0 radical (unpaired) electrons. The molecular formula is C12H20N2O. The number of rotatable bonds is 6. The van der Waals surface area contributed by atoms with Crippen LogP contribution in [0.1, 0.15) is 32.4 Å². The van der Waals surface area contributed by atoms with E-state index >= 15 is 0 Å². The van der Waals surface area contributed by atoms with Crippen molar-refractivity contribution in [3.8, 4) is 0 Å². The first kappa shape index (κ1) is 12.1. The first-order chi connectivity index (χ1) is 7.24. The Balaban J connectivity index is 2.38. The number of nitrogens with zero attached hydrogens (tertiary/aromatic N) is 1. The van der Waals surface area contributed by atoms with E-state index in [1.54, 1.807) is 6.20 Å². The number of nitrogens with one attached hydrogen (secondary N) is 1. The van der Waals surface area contributed by atoms with E-state index in [-0.39, 0.29) is 0 Å². The molecular weight excluding hydrogens is 188 g/mol. The minimum absolute atomic E-state index is 0.314. The van der Waals surface area contributed by atoms with Gasteiger partial charge in [0, 0.05) is 31.1 Å². The number of hydrogen-bond acceptors (Lipinski definition) is 3. The Bertz CT molecular complexity index is 264. The monoisotopic (exact) mass is 208 g/mol. The molecule has 1 N–H and O–H groups in total. The maximum absolute atomic E-state index is 5.35. The molecule has 0 spiro atoms. The zero-order valence-corrected chi connectivity index (χ0v) is 9.73. The minimum atomic E-state index is 0.314. The van der Waals surface area contributed by atoms with E-state index in [1.807, 2.05) is 19.2 Å². The Hall–Kier alpha value is -0.930. The second kappa shape index (κ2) is 6.53. The van der Waals surface area contributed by atoms with Gasteiger partial charge in [0.25, 0.3) is 0 Å². The molecule has 0 saturated carbocycles. The number of pyridine rings is 1. The number of hydrogen-bond donors (Lipinski definition) is 1. The van der Waals surface area contributed by atoms with Crippen molar-refractivity contribution in [1.82, 2.24) is 10.3 Å². The van der Waals surface area contributed by atoms with E-state index in [0.29, 0.717) is 12.1 Å². The summed E-state index contributed by atoms with van der Waals surface area (Å²) in [4.78, 5) is 4.10. The molecule has 84 valence electrons. The normalized spacial score (nSPS) is 14.9. The van der Waals surface area contributed by atoms with Crippen LogP contribution in [-0.4, -0.2) is 24.2 Å². The molecule has 15 heavy (non-hydrogen) atoms. The molecule has 0 aliphatic rings. The van der Waals surface area contributed by atoms with Crippen LogP contribution in [0.4, 0.5) is 0 Å². The Morgan fingerprint density at radius 3 is 2.87 bits per heavy atom. The van der Waals surface area contributed by atoms with Crippen LogP contribution >= 0.6 is 0 Å². The fourth-order valence-corrected chi connectivity index (χ4v) is 1.50. The van der Waals surface area contributed by atoms with Crippen molar-refractivity contribution < 1.29 is 4.74 Å². The third kappa shape index (κ3) is 4.40. The highest BCUT2D eigenvalue weighted by molar-refractivity contribution is 5.12. The molecule has 0 saturated heterocycles. The van der Waals surface area contributed by atoms with Crippen molar-refractivity contribution in [2.45, 2.75) is 32.9 Å². The van der Waals surface area contributed by atoms with E-state index in [4.69, 9.17) is 4.74 Å². The van der Waals surface area contributed by atoms with Crippen LogP contribution < -0.4 is 5.32 Å². The predicted octanol–water partition coefficient (Wildman–Crippen LogP) is 2.16. The average molecular weight is 208 g/mol. The van der Waals surface area contributed by atoms with Crippen LogP contribution in [0.5, 0.6) is 0 Å². The van der Waals surface area contributed by atoms with E-state index in [1.165, 1.54) is 5.56 Å². The first-order valence-corrected chi connectivity index (χ1v) is 5.47. The van der Waals surface area contributed by atoms with Crippen LogP contribution in [0.25, 0.3) is 0 Å². The Morgan fingerprint density at radius 2 is 2.27 bits per heavy atom. The van der Waals surface area contributed by atoms with Gasteiger partial charge in [0.15, 0.2) is 0 Å². The fraction of sp³-hybridized carbons (Fsp3) is 0.583. The second-order valence-electron chi connectivity index (χ2n) is 3.74. The number of aromatic nitrogens is 1. The van der Waals surface area contributed by atoms with Gasteiger partial charge in [0.2, 0.25) is 0 Å². The van der Waals surface area contributed by atoms with E-state index in [0.717, 1.165) is 13.2 Å². The van der Waals surface area contributed by atoms with E-state index < -0.39 is 0 Å². The van der Waals surface area contributed by atoms with Crippen molar-refractivity contribution in [1.29, 1.82) is 0 Å². The van der Waals surface area contributed by atoms with Gasteiger partial charge < -0.3 is 10.1 Å². The molecule has 0 aromatic carbocycles. The second-order valence-corrected chi connectivity index (χ2v) is 3.74. The van der Waals surface area contributed by atoms with Crippen LogP contribution in [0.3, 0.4) is 0 Å². The third-order valence-electron chi connectivity index (χ3n) is 2.29. The lowest BCUT2D eigenvalue weighted by Gasteiger charge is -2.19. The molecule has 0 fully saturated rings. The van der Waals surface area contributed by atoms with Gasteiger partial charge in [-0.05, 0) is 32.4 Å². The van der Waals surface area contributed by atoms with Gasteiger partial charge in [-0.15, -0.1) is 0 Å². The highest BCUT2D eigenvalue weighted by Crippen LogP contribution is 2.10. The molecule has 0 aliphatic carbocycles. The standard InChI is InChI=1S/C12H20N2O/c1-4-15-9-10(2)14-11(3)12-6-5-7-13-8-12/h5-8,10-11,14H,4,9H2,1-3H3/t10?,11-/m1/s1. The Kier molecular flexibility index (Phi) is 5.29. The molecule has 3 heteroatoms. The summed E-state index contributed by atoms with van der Waals surface area (Å²) in [7, 11) is 0. The molecule has 0 aliphatic heterocycles. The molecule has 1 heterocycles. The Morgan fingerprint density at radius 1 is 1.47 bits per heavy atom. The van der Waals surface area contributed by atoms with Crippen LogP contribution in [0.15, 0.2) is 24.5 Å². The predicted molar refractivity (Wildman–Crippen MR) is 61.7 cm³/mol. The van der Waals surface area contributed by atoms with Crippen molar-refractivity contribution >= 4 is 0 Å². The first-order valence-electron chi connectivity index (χ1n) is 5.47. The SMILES string of the molecule is CCOCC(C)N[C@H](C)c1cccnc1. The maximum atomic E-state index is 5.35. The summed E-state index contributed by atoms with van der Waals surface area (Å²) in [6.45, 7) is 7.80. The van der Waals surface area contributed by atoms with Crippen LogP contribution in [-0.2, 0) is 4.74 Å². The zero-order chi connectivity index (χ0) is 11.1. The van der Waals surface area contributed by atoms with Crippen molar-refractivity contribution in [2.75, 3.05) is 13.2 Å². The van der Waals surface area contributed by atoms with Gasteiger partial charge in [-0.1, -0.05) is 6.07 Å². The summed E-state index contributed by atoms with van der Waals surface area (Å²) in [6, 6.07) is 4.72. The molecule has 0 amide bonds. The summed E-state index contributed by atoms with van der Waals surface area (Å²) in [5.74, 6) is 0. The van der Waals surface area contributed by atoms with Gasteiger partial charge >= 0.3 is 0 Å². The van der Waals surface area contributed by atoms with Crippen molar-refractivity contribution in [2.24, 2.45) is 0 Å². The van der Waals surface area contributed by atoms with Gasteiger partial charge in [-0.25, -0.2) is 0 Å². The van der Waals surface area contributed by atoms with E-state index in [9.17, 15) is 0 Å². The highest BCUT2D eigenvalue weighted by Gasteiger charge is 2.08. The summed E-state index contributed by atoms with van der Waals surface area (Å²) < 4.78 is 5.35. The van der Waals surface area contributed by atoms with Crippen molar-refractivity contribution in [3.05, 3.63) is 30.1 Å². The quantitative estimate of drug-likeness (QED) is 0.778. The van der Waals surface area contributed by atoms with Gasteiger partial charge in [-0.3, -0.25) is 4.98 Å². The average Bonchev–Trinajstić information content (AvgIpc) is 2.27. The Labute approximate surface area is 91.9 Å². The third-order valence-corrected chi connectivity index (χ3v) is 2.29. The van der Waals surface area contributed by atoms with E-state index in [2.05, 4.69) is 30.2 Å². The molecule has 1 rings (SSSR count). The zero-order valence-electron chi connectivity index (χ0n) is 9.73. The lowest BCUT2D eigenvalue weighted by Crippen LogP contribution is -2.32. The molecule has 0 bridgehead atoms. The van der Waals surface area contributed by atoms with Gasteiger partial charge in [0.1, 0.15) is 0 Å². The lowest BCUT2D eigenvalue weighted by molar-refractivity contribution is 0.124. The smallest absolute Gasteiger partial charge is 0.0616 e. The summed E-state index contributed by atoms with van der Waals surface area (Å²) in [5.41, 5.74) is 1.21. The maximum Gasteiger partial charge on any atom is 0.0616 e. The topological polar surface area (TPSA) is 34.1 Å². The summed E-state index contributed by atoms with van der Waals surface area (Å²) in [5, 5.41) is 3.47. The van der Waals surface area contributed by atoms with Gasteiger partial charge in [0.05, 0.1) is 6.61 Å².